The second-order valence-corrected chi connectivity index (χ2v) is 4.75. The van der Waals surface area contributed by atoms with Crippen LogP contribution < -0.4 is 11.1 Å². The van der Waals surface area contributed by atoms with E-state index in [0.717, 1.165) is 10.0 Å². The van der Waals surface area contributed by atoms with Crippen LogP contribution in [0.5, 0.6) is 0 Å². The first-order valence-corrected chi connectivity index (χ1v) is 6.27. The third-order valence-electron chi connectivity index (χ3n) is 2.00. The molecule has 6 heteroatoms. The molecule has 0 bridgehead atoms. The Morgan fingerprint density at radius 2 is 2.29 bits per heavy atom. The molecule has 3 N–H and O–H groups in total. The molecule has 0 heterocycles. The van der Waals surface area contributed by atoms with Crippen molar-refractivity contribution in [1.29, 1.82) is 0 Å². The minimum Gasteiger partial charge on any atom is -0.370 e. The Kier molecular flexibility index (Phi) is 6.50. The van der Waals surface area contributed by atoms with Crippen molar-refractivity contribution < 1.29 is 9.53 Å². The van der Waals surface area contributed by atoms with Gasteiger partial charge in [-0.05, 0) is 17.7 Å². The smallest absolute Gasteiger partial charge is 0.243 e. The number of carbonyl (C=O) groups excluding carboxylic acids is 1. The van der Waals surface area contributed by atoms with Crippen LogP contribution in [0, 0.1) is 0 Å². The zero-order valence-corrected chi connectivity index (χ0v) is 11.6. The summed E-state index contributed by atoms with van der Waals surface area (Å²) in [6.07, 6.45) is 0. The number of primary amides is 1. The summed E-state index contributed by atoms with van der Waals surface area (Å²) >= 11 is 9.39. The third kappa shape index (κ3) is 6.02. The van der Waals surface area contributed by atoms with Gasteiger partial charge in [-0.25, -0.2) is 0 Å². The van der Waals surface area contributed by atoms with Crippen LogP contribution in [0.25, 0.3) is 0 Å². The van der Waals surface area contributed by atoms with Gasteiger partial charge in [-0.1, -0.05) is 33.6 Å². The van der Waals surface area contributed by atoms with E-state index < -0.39 is 5.91 Å². The number of ether oxygens (including phenoxy) is 1. The molecule has 1 aromatic rings. The van der Waals surface area contributed by atoms with E-state index in [0.29, 0.717) is 24.7 Å². The standard InChI is InChI=1S/C11H14BrClN2O2/c12-9-2-1-8(10(13)5-9)6-15-3-4-17-7-11(14)16/h1-2,5,15H,3-4,6-7H2,(H2,14,16). The van der Waals surface area contributed by atoms with E-state index in [1.165, 1.54) is 0 Å². The highest BCUT2D eigenvalue weighted by Gasteiger charge is 2.00. The number of hydrogen-bond donors (Lipinski definition) is 2. The van der Waals surface area contributed by atoms with Crippen molar-refractivity contribution in [2.45, 2.75) is 6.54 Å². The molecule has 0 atom stereocenters. The summed E-state index contributed by atoms with van der Waals surface area (Å²) in [4.78, 5) is 10.4. The number of carbonyl (C=O) groups is 1. The van der Waals surface area contributed by atoms with E-state index in [-0.39, 0.29) is 6.61 Å². The molecule has 1 aromatic carbocycles. The number of nitrogens with two attached hydrogens (primary N) is 1. The van der Waals surface area contributed by atoms with Crippen molar-refractivity contribution in [3.8, 4) is 0 Å². The van der Waals surface area contributed by atoms with Crippen LogP contribution in [0.15, 0.2) is 22.7 Å². The Labute approximate surface area is 114 Å². The lowest BCUT2D eigenvalue weighted by atomic mass is 10.2. The van der Waals surface area contributed by atoms with Crippen LogP contribution in [0.3, 0.4) is 0 Å². The summed E-state index contributed by atoms with van der Waals surface area (Å²) in [5.74, 6) is -0.457. The lowest BCUT2D eigenvalue weighted by molar-refractivity contribution is -0.122. The molecule has 1 amide bonds. The van der Waals surface area contributed by atoms with E-state index in [4.69, 9.17) is 22.1 Å². The van der Waals surface area contributed by atoms with Gasteiger partial charge in [0.2, 0.25) is 5.91 Å². The van der Waals surface area contributed by atoms with Crippen molar-refractivity contribution in [1.82, 2.24) is 5.32 Å². The largest absolute Gasteiger partial charge is 0.370 e. The average molecular weight is 322 g/mol. The van der Waals surface area contributed by atoms with Crippen LogP contribution in [0.1, 0.15) is 5.56 Å². The van der Waals surface area contributed by atoms with Crippen molar-refractivity contribution >= 4 is 33.4 Å². The number of benzene rings is 1. The van der Waals surface area contributed by atoms with Crippen molar-refractivity contribution in [3.63, 3.8) is 0 Å². The summed E-state index contributed by atoms with van der Waals surface area (Å²) < 4.78 is 5.96. The Morgan fingerprint density at radius 3 is 2.94 bits per heavy atom. The first-order chi connectivity index (χ1) is 8.09. The number of nitrogens with one attached hydrogen (secondary N) is 1. The first-order valence-electron chi connectivity index (χ1n) is 5.10. The fraction of sp³-hybridized carbons (Fsp3) is 0.364. The molecule has 0 saturated heterocycles. The van der Waals surface area contributed by atoms with Crippen molar-refractivity contribution in [2.75, 3.05) is 19.8 Å². The number of rotatable bonds is 7. The van der Waals surface area contributed by atoms with Gasteiger partial charge in [-0.2, -0.15) is 0 Å². The maximum Gasteiger partial charge on any atom is 0.243 e. The monoisotopic (exact) mass is 320 g/mol. The molecule has 17 heavy (non-hydrogen) atoms. The summed E-state index contributed by atoms with van der Waals surface area (Å²) in [7, 11) is 0. The van der Waals surface area contributed by atoms with Crippen LogP contribution >= 0.6 is 27.5 Å². The topological polar surface area (TPSA) is 64.4 Å². The van der Waals surface area contributed by atoms with Gasteiger partial charge in [0, 0.05) is 22.6 Å². The average Bonchev–Trinajstić information content (AvgIpc) is 2.25. The fourth-order valence-corrected chi connectivity index (χ4v) is 1.95. The van der Waals surface area contributed by atoms with E-state index in [1.54, 1.807) is 0 Å². The highest BCUT2D eigenvalue weighted by atomic mass is 79.9. The molecule has 0 saturated carbocycles. The third-order valence-corrected chi connectivity index (χ3v) is 2.84. The summed E-state index contributed by atoms with van der Waals surface area (Å²) in [5, 5.41) is 3.87. The number of hydrogen-bond acceptors (Lipinski definition) is 3. The predicted octanol–water partition coefficient (Wildman–Crippen LogP) is 1.69. The van der Waals surface area contributed by atoms with Crippen LogP contribution in [-0.2, 0) is 16.1 Å². The highest BCUT2D eigenvalue weighted by Crippen LogP contribution is 2.20. The van der Waals surface area contributed by atoms with Gasteiger partial charge in [0.1, 0.15) is 6.61 Å². The quantitative estimate of drug-likeness (QED) is 0.751. The summed E-state index contributed by atoms with van der Waals surface area (Å²) in [5.41, 5.74) is 5.94. The van der Waals surface area contributed by atoms with Gasteiger partial charge >= 0.3 is 0 Å². The lowest BCUT2D eigenvalue weighted by Crippen LogP contribution is -2.23. The number of amides is 1. The van der Waals surface area contributed by atoms with E-state index in [9.17, 15) is 4.79 Å². The maximum atomic E-state index is 10.4. The fourth-order valence-electron chi connectivity index (χ4n) is 1.21. The normalized spacial score (nSPS) is 10.5. The molecule has 0 fully saturated rings. The zero-order chi connectivity index (χ0) is 12.7. The molecule has 0 aliphatic heterocycles. The molecule has 4 nitrogen and oxygen atoms in total. The molecule has 0 spiro atoms. The Balaban J connectivity index is 2.20. The van der Waals surface area contributed by atoms with E-state index in [2.05, 4.69) is 21.2 Å². The van der Waals surface area contributed by atoms with Crippen LogP contribution in [0.2, 0.25) is 5.02 Å². The van der Waals surface area contributed by atoms with Gasteiger partial charge < -0.3 is 15.8 Å². The minimum atomic E-state index is -0.457. The summed E-state index contributed by atoms with van der Waals surface area (Å²) in [6.45, 7) is 1.70. The van der Waals surface area contributed by atoms with Crippen LogP contribution in [-0.4, -0.2) is 25.7 Å². The number of halogens is 2. The molecule has 94 valence electrons. The molecule has 0 unspecified atom stereocenters. The molecule has 0 aliphatic rings. The van der Waals surface area contributed by atoms with E-state index >= 15 is 0 Å². The molecule has 0 aliphatic carbocycles. The summed E-state index contributed by atoms with van der Waals surface area (Å²) in [6, 6.07) is 5.73. The van der Waals surface area contributed by atoms with Gasteiger partial charge in [0.05, 0.1) is 6.61 Å². The Bertz CT molecular complexity index is 388. The molecular weight excluding hydrogens is 307 g/mol. The zero-order valence-electron chi connectivity index (χ0n) is 9.21. The minimum absolute atomic E-state index is 0.0410. The van der Waals surface area contributed by atoms with Gasteiger partial charge in [-0.3, -0.25) is 4.79 Å². The van der Waals surface area contributed by atoms with Gasteiger partial charge in [0.25, 0.3) is 0 Å². The first kappa shape index (κ1) is 14.4. The highest BCUT2D eigenvalue weighted by molar-refractivity contribution is 9.10. The molecule has 1 rings (SSSR count). The Hall–Kier alpha value is -0.620. The van der Waals surface area contributed by atoms with Crippen LogP contribution in [0.4, 0.5) is 0 Å². The Morgan fingerprint density at radius 1 is 1.53 bits per heavy atom. The lowest BCUT2D eigenvalue weighted by Gasteiger charge is -2.07. The second-order valence-electron chi connectivity index (χ2n) is 3.43. The van der Waals surface area contributed by atoms with E-state index in [1.807, 2.05) is 18.2 Å². The maximum absolute atomic E-state index is 10.4. The van der Waals surface area contributed by atoms with Crippen molar-refractivity contribution in [2.24, 2.45) is 5.73 Å². The molecule has 0 aromatic heterocycles. The molecular formula is C11H14BrClN2O2. The van der Waals surface area contributed by atoms with Gasteiger partial charge in [-0.15, -0.1) is 0 Å². The molecule has 0 radical (unpaired) electrons. The second kappa shape index (κ2) is 7.66. The van der Waals surface area contributed by atoms with Crippen molar-refractivity contribution in [3.05, 3.63) is 33.3 Å². The van der Waals surface area contributed by atoms with Gasteiger partial charge in [0.15, 0.2) is 0 Å². The SMILES string of the molecule is NC(=O)COCCNCc1ccc(Br)cc1Cl. The predicted molar refractivity (Wildman–Crippen MR) is 70.9 cm³/mol.